The van der Waals surface area contributed by atoms with Gasteiger partial charge >= 0.3 is 0 Å². The van der Waals surface area contributed by atoms with Gasteiger partial charge in [-0.05, 0) is 36.7 Å². The van der Waals surface area contributed by atoms with Crippen LogP contribution in [0.15, 0.2) is 35.3 Å². The zero-order valence-corrected chi connectivity index (χ0v) is 11.4. The Morgan fingerprint density at radius 2 is 2.31 bits per heavy atom. The summed E-state index contributed by atoms with van der Waals surface area (Å²) >= 11 is 9.58. The van der Waals surface area contributed by atoms with E-state index >= 15 is 0 Å². The van der Waals surface area contributed by atoms with Gasteiger partial charge in [0.15, 0.2) is 0 Å². The molecule has 16 heavy (non-hydrogen) atoms. The first-order valence-corrected chi connectivity index (χ1v) is 6.35. The molecule has 0 saturated carbocycles. The van der Waals surface area contributed by atoms with Gasteiger partial charge in [0.1, 0.15) is 0 Å². The number of nitrogens with two attached hydrogens (primary N) is 1. The molecule has 0 fully saturated rings. The van der Waals surface area contributed by atoms with Crippen LogP contribution < -0.4 is 11.1 Å². The van der Waals surface area contributed by atoms with Gasteiger partial charge in [0, 0.05) is 22.1 Å². The molecule has 0 bridgehead atoms. The minimum absolute atomic E-state index is 0.0879. The highest BCUT2D eigenvalue weighted by molar-refractivity contribution is 9.10. The van der Waals surface area contributed by atoms with Crippen molar-refractivity contribution in [3.05, 3.63) is 45.9 Å². The Morgan fingerprint density at radius 3 is 2.94 bits per heavy atom. The molecule has 0 aliphatic rings. The number of nitrogens with one attached hydrogen (secondary N) is 1. The third-order valence-electron chi connectivity index (χ3n) is 2.31. The Morgan fingerprint density at radius 1 is 1.56 bits per heavy atom. The summed E-state index contributed by atoms with van der Waals surface area (Å²) in [5.74, 6) is 0. The summed E-state index contributed by atoms with van der Waals surface area (Å²) in [6.07, 6.45) is 2.80. The first-order valence-electron chi connectivity index (χ1n) is 5.18. The highest BCUT2D eigenvalue weighted by Gasteiger charge is 2.12. The predicted octanol–water partition coefficient (Wildman–Crippen LogP) is 3.27. The van der Waals surface area contributed by atoms with Crippen molar-refractivity contribution in [2.24, 2.45) is 5.73 Å². The molecule has 0 saturated heterocycles. The maximum Gasteiger partial charge on any atom is 0.0459 e. The van der Waals surface area contributed by atoms with E-state index in [1.807, 2.05) is 24.3 Å². The van der Waals surface area contributed by atoms with Crippen molar-refractivity contribution in [1.82, 2.24) is 5.32 Å². The van der Waals surface area contributed by atoms with Crippen LogP contribution in [0.3, 0.4) is 0 Å². The van der Waals surface area contributed by atoms with Crippen molar-refractivity contribution in [3.8, 4) is 0 Å². The van der Waals surface area contributed by atoms with Gasteiger partial charge in [0.25, 0.3) is 0 Å². The molecular weight excluding hydrogens is 288 g/mol. The topological polar surface area (TPSA) is 38.0 Å². The molecule has 0 heterocycles. The van der Waals surface area contributed by atoms with Crippen molar-refractivity contribution in [3.63, 3.8) is 0 Å². The van der Waals surface area contributed by atoms with Crippen molar-refractivity contribution >= 4 is 27.5 Å². The second-order valence-electron chi connectivity index (χ2n) is 3.49. The van der Waals surface area contributed by atoms with Crippen molar-refractivity contribution in [1.29, 1.82) is 0 Å². The lowest BCUT2D eigenvalue weighted by Crippen LogP contribution is -2.29. The Labute approximate surface area is 110 Å². The zero-order valence-electron chi connectivity index (χ0n) is 9.05. The molecule has 4 heteroatoms. The molecular formula is C12H16BrClN2. The molecule has 1 aromatic carbocycles. The van der Waals surface area contributed by atoms with Crippen LogP contribution in [0.4, 0.5) is 0 Å². The maximum absolute atomic E-state index is 6.15. The normalized spacial score (nSPS) is 12.4. The summed E-state index contributed by atoms with van der Waals surface area (Å²) < 4.78 is 1.01. The van der Waals surface area contributed by atoms with Crippen LogP contribution in [0.2, 0.25) is 5.02 Å². The van der Waals surface area contributed by atoms with E-state index in [1.54, 1.807) is 0 Å². The first-order chi connectivity index (χ1) is 7.69. The van der Waals surface area contributed by atoms with E-state index in [4.69, 9.17) is 17.3 Å². The predicted molar refractivity (Wildman–Crippen MR) is 73.8 cm³/mol. The zero-order chi connectivity index (χ0) is 12.0. The number of hydrogen-bond donors (Lipinski definition) is 2. The quantitative estimate of drug-likeness (QED) is 0.625. The summed E-state index contributed by atoms with van der Waals surface area (Å²) in [5.41, 5.74) is 6.77. The second kappa shape index (κ2) is 7.07. The maximum atomic E-state index is 6.15. The van der Waals surface area contributed by atoms with Crippen molar-refractivity contribution in [2.45, 2.75) is 12.5 Å². The number of hydrogen-bond acceptors (Lipinski definition) is 2. The molecule has 0 amide bonds. The van der Waals surface area contributed by atoms with E-state index in [0.29, 0.717) is 6.54 Å². The van der Waals surface area contributed by atoms with Crippen molar-refractivity contribution < 1.29 is 0 Å². The summed E-state index contributed by atoms with van der Waals surface area (Å²) in [6.45, 7) is 5.06. The van der Waals surface area contributed by atoms with Gasteiger partial charge in [-0.3, -0.25) is 0 Å². The van der Waals surface area contributed by atoms with Crippen LogP contribution in [0.5, 0.6) is 0 Å². The Hall–Kier alpha value is -0.350. The Balaban J connectivity index is 2.77. The van der Waals surface area contributed by atoms with E-state index in [-0.39, 0.29) is 6.04 Å². The summed E-state index contributed by atoms with van der Waals surface area (Å²) in [5, 5.41) is 4.09. The second-order valence-corrected chi connectivity index (χ2v) is 4.81. The third-order valence-corrected chi connectivity index (χ3v) is 3.15. The highest BCUT2D eigenvalue weighted by atomic mass is 79.9. The van der Waals surface area contributed by atoms with Gasteiger partial charge in [0.05, 0.1) is 0 Å². The molecule has 0 aliphatic heterocycles. The number of halogens is 2. The molecule has 88 valence electrons. The Bertz CT molecular complexity index is 355. The molecule has 3 N–H and O–H groups in total. The lowest BCUT2D eigenvalue weighted by Gasteiger charge is -2.18. The fourth-order valence-electron chi connectivity index (χ4n) is 1.46. The lowest BCUT2D eigenvalue weighted by atomic mass is 10.1. The fraction of sp³-hybridized carbons (Fsp3) is 0.333. The molecule has 1 aromatic rings. The third kappa shape index (κ3) is 3.91. The van der Waals surface area contributed by atoms with Gasteiger partial charge in [-0.15, -0.1) is 6.58 Å². The van der Waals surface area contributed by atoms with Gasteiger partial charge in [-0.2, -0.15) is 0 Å². The van der Waals surface area contributed by atoms with E-state index in [9.17, 15) is 0 Å². The van der Waals surface area contributed by atoms with E-state index in [0.717, 1.165) is 28.0 Å². The molecule has 2 nitrogen and oxygen atoms in total. The van der Waals surface area contributed by atoms with Gasteiger partial charge in [0.2, 0.25) is 0 Å². The SMILES string of the molecule is C=CCCNC(CN)c1cc(Br)ccc1Cl. The molecule has 0 aliphatic carbocycles. The molecule has 0 aromatic heterocycles. The number of benzene rings is 1. The first kappa shape index (κ1) is 13.7. The van der Waals surface area contributed by atoms with Crippen LogP contribution in [0.1, 0.15) is 18.0 Å². The summed E-state index contributed by atoms with van der Waals surface area (Å²) in [4.78, 5) is 0. The monoisotopic (exact) mass is 302 g/mol. The summed E-state index contributed by atoms with van der Waals surface area (Å²) in [6, 6.07) is 5.88. The lowest BCUT2D eigenvalue weighted by molar-refractivity contribution is 0.548. The standard InChI is InChI=1S/C12H16BrClN2/c1-2-3-6-16-12(8-15)10-7-9(13)4-5-11(10)14/h2,4-5,7,12,16H,1,3,6,8,15H2. The van der Waals surface area contributed by atoms with Crippen LogP contribution in [0.25, 0.3) is 0 Å². The van der Waals surface area contributed by atoms with Crippen LogP contribution in [0, 0.1) is 0 Å². The minimum atomic E-state index is 0.0879. The smallest absolute Gasteiger partial charge is 0.0459 e. The number of rotatable bonds is 6. The minimum Gasteiger partial charge on any atom is -0.329 e. The highest BCUT2D eigenvalue weighted by Crippen LogP contribution is 2.26. The van der Waals surface area contributed by atoms with Crippen LogP contribution >= 0.6 is 27.5 Å². The van der Waals surface area contributed by atoms with E-state index in [1.165, 1.54) is 0 Å². The van der Waals surface area contributed by atoms with Gasteiger partial charge in [-0.25, -0.2) is 0 Å². The fourth-order valence-corrected chi connectivity index (χ4v) is 2.09. The van der Waals surface area contributed by atoms with Crippen molar-refractivity contribution in [2.75, 3.05) is 13.1 Å². The molecule has 0 spiro atoms. The average molecular weight is 304 g/mol. The average Bonchev–Trinajstić information content (AvgIpc) is 2.28. The molecule has 0 radical (unpaired) electrons. The van der Waals surface area contributed by atoms with Crippen LogP contribution in [-0.4, -0.2) is 13.1 Å². The molecule has 1 atom stereocenters. The molecule has 1 unspecified atom stereocenters. The van der Waals surface area contributed by atoms with Gasteiger partial charge in [-0.1, -0.05) is 33.6 Å². The van der Waals surface area contributed by atoms with E-state index < -0.39 is 0 Å². The van der Waals surface area contributed by atoms with E-state index in [2.05, 4.69) is 27.8 Å². The molecule has 1 rings (SSSR count). The largest absolute Gasteiger partial charge is 0.329 e. The van der Waals surface area contributed by atoms with Crippen LogP contribution in [-0.2, 0) is 0 Å². The summed E-state index contributed by atoms with van der Waals surface area (Å²) in [7, 11) is 0. The van der Waals surface area contributed by atoms with Gasteiger partial charge < -0.3 is 11.1 Å². The Kier molecular flexibility index (Phi) is 6.06.